The van der Waals surface area contributed by atoms with Gasteiger partial charge in [0.1, 0.15) is 5.82 Å². The highest BCUT2D eigenvalue weighted by Crippen LogP contribution is 2.30. The SMILES string of the molecule is CCC(C)NC(=O)c1cc(NC(=O)c2ccccc2F)ccc1N1CCc2ccccc2C1. The highest BCUT2D eigenvalue weighted by molar-refractivity contribution is 6.06. The first-order valence-electron chi connectivity index (χ1n) is 11.3. The number of amides is 2. The number of anilines is 2. The number of carbonyl (C=O) groups is 2. The van der Waals surface area contributed by atoms with Crippen molar-refractivity contribution in [2.24, 2.45) is 0 Å². The van der Waals surface area contributed by atoms with E-state index in [0.717, 1.165) is 25.1 Å². The van der Waals surface area contributed by atoms with Gasteiger partial charge in [0.2, 0.25) is 0 Å². The van der Waals surface area contributed by atoms with Crippen LogP contribution in [0, 0.1) is 5.82 Å². The zero-order valence-electron chi connectivity index (χ0n) is 18.9. The average molecular weight is 446 g/mol. The third-order valence-electron chi connectivity index (χ3n) is 6.08. The van der Waals surface area contributed by atoms with E-state index in [1.807, 2.05) is 32.0 Å². The Bertz CT molecular complexity index is 1180. The van der Waals surface area contributed by atoms with Crippen LogP contribution in [-0.4, -0.2) is 24.4 Å². The average Bonchev–Trinajstić information content (AvgIpc) is 2.83. The summed E-state index contributed by atoms with van der Waals surface area (Å²) in [6.45, 7) is 5.47. The monoisotopic (exact) mass is 445 g/mol. The molecule has 170 valence electrons. The van der Waals surface area contributed by atoms with Gasteiger partial charge >= 0.3 is 0 Å². The van der Waals surface area contributed by atoms with Crippen molar-refractivity contribution in [1.82, 2.24) is 5.32 Å². The summed E-state index contributed by atoms with van der Waals surface area (Å²) >= 11 is 0. The molecule has 3 aromatic rings. The molecule has 0 bridgehead atoms. The molecule has 0 spiro atoms. The van der Waals surface area contributed by atoms with Crippen molar-refractivity contribution < 1.29 is 14.0 Å². The lowest BCUT2D eigenvalue weighted by atomic mass is 9.98. The maximum atomic E-state index is 14.0. The zero-order valence-corrected chi connectivity index (χ0v) is 18.9. The molecule has 5 nitrogen and oxygen atoms in total. The number of hydrogen-bond acceptors (Lipinski definition) is 3. The first kappa shape index (κ1) is 22.5. The van der Waals surface area contributed by atoms with Crippen LogP contribution in [0.3, 0.4) is 0 Å². The van der Waals surface area contributed by atoms with E-state index in [1.165, 1.54) is 29.3 Å². The minimum absolute atomic E-state index is 0.0177. The van der Waals surface area contributed by atoms with Gasteiger partial charge in [0.25, 0.3) is 11.8 Å². The van der Waals surface area contributed by atoms with Crippen LogP contribution in [0.5, 0.6) is 0 Å². The molecule has 0 aliphatic carbocycles. The predicted molar refractivity (Wildman–Crippen MR) is 129 cm³/mol. The van der Waals surface area contributed by atoms with Gasteiger partial charge in [0.05, 0.1) is 11.1 Å². The number of fused-ring (bicyclic) bond motifs is 1. The van der Waals surface area contributed by atoms with E-state index in [9.17, 15) is 14.0 Å². The summed E-state index contributed by atoms with van der Waals surface area (Å²) in [4.78, 5) is 28.0. The Hall–Kier alpha value is -3.67. The van der Waals surface area contributed by atoms with Crippen LogP contribution in [0.1, 0.15) is 52.1 Å². The molecule has 3 aromatic carbocycles. The fourth-order valence-electron chi connectivity index (χ4n) is 4.02. The first-order valence-corrected chi connectivity index (χ1v) is 11.3. The van der Waals surface area contributed by atoms with E-state index in [4.69, 9.17) is 0 Å². The summed E-state index contributed by atoms with van der Waals surface area (Å²) < 4.78 is 14.0. The molecule has 1 aliphatic rings. The van der Waals surface area contributed by atoms with Crippen molar-refractivity contribution in [1.29, 1.82) is 0 Å². The van der Waals surface area contributed by atoms with Gasteiger partial charge < -0.3 is 15.5 Å². The van der Waals surface area contributed by atoms with Gasteiger partial charge in [-0.15, -0.1) is 0 Å². The van der Waals surface area contributed by atoms with Crippen molar-refractivity contribution in [2.45, 2.75) is 39.3 Å². The maximum Gasteiger partial charge on any atom is 0.258 e. The molecule has 0 saturated heterocycles. The van der Waals surface area contributed by atoms with Gasteiger partial charge in [-0.25, -0.2) is 4.39 Å². The van der Waals surface area contributed by atoms with E-state index in [1.54, 1.807) is 18.2 Å². The number of nitrogens with one attached hydrogen (secondary N) is 2. The summed E-state index contributed by atoms with van der Waals surface area (Å²) in [7, 11) is 0. The number of benzene rings is 3. The lowest BCUT2D eigenvalue weighted by Gasteiger charge is -2.32. The molecular weight excluding hydrogens is 417 g/mol. The Balaban J connectivity index is 1.64. The fraction of sp³-hybridized carbons (Fsp3) is 0.259. The van der Waals surface area contributed by atoms with Gasteiger partial charge in [-0.2, -0.15) is 0 Å². The normalized spacial score (nSPS) is 13.7. The Morgan fingerprint density at radius 3 is 2.45 bits per heavy atom. The lowest BCUT2D eigenvalue weighted by Crippen LogP contribution is -2.35. The number of carbonyl (C=O) groups excluding carboxylic acids is 2. The van der Waals surface area contributed by atoms with Crippen molar-refractivity contribution in [3.63, 3.8) is 0 Å². The van der Waals surface area contributed by atoms with Gasteiger partial charge in [-0.1, -0.05) is 43.3 Å². The standard InChI is InChI=1S/C27H28FN3O2/c1-3-18(2)29-27(33)23-16-21(30-26(32)22-10-6-7-11-24(22)28)12-13-25(23)31-15-14-19-8-4-5-9-20(19)17-31/h4-13,16,18H,3,14-15,17H2,1-2H3,(H,29,33)(H,30,32). The summed E-state index contributed by atoms with van der Waals surface area (Å²) in [5.41, 5.74) is 4.27. The topological polar surface area (TPSA) is 61.4 Å². The molecule has 33 heavy (non-hydrogen) atoms. The van der Waals surface area contributed by atoms with Crippen LogP contribution >= 0.6 is 0 Å². The lowest BCUT2D eigenvalue weighted by molar-refractivity contribution is 0.0938. The van der Waals surface area contributed by atoms with Gasteiger partial charge in [0, 0.05) is 30.5 Å². The molecule has 1 unspecified atom stereocenters. The third kappa shape index (κ3) is 5.06. The summed E-state index contributed by atoms with van der Waals surface area (Å²) in [6, 6.07) is 19.5. The second-order valence-corrected chi connectivity index (χ2v) is 8.39. The van der Waals surface area contributed by atoms with Crippen LogP contribution in [0.2, 0.25) is 0 Å². The molecule has 0 saturated carbocycles. The molecule has 2 N–H and O–H groups in total. The Morgan fingerprint density at radius 1 is 0.970 bits per heavy atom. The summed E-state index contributed by atoms with van der Waals surface area (Å²) in [6.07, 6.45) is 1.70. The number of nitrogens with zero attached hydrogens (tertiary/aromatic N) is 1. The van der Waals surface area contributed by atoms with E-state index < -0.39 is 11.7 Å². The quantitative estimate of drug-likeness (QED) is 0.550. The van der Waals surface area contributed by atoms with Crippen molar-refractivity contribution in [3.05, 3.63) is 94.8 Å². The van der Waals surface area contributed by atoms with E-state index >= 15 is 0 Å². The number of hydrogen-bond donors (Lipinski definition) is 2. The molecule has 4 rings (SSSR count). The van der Waals surface area contributed by atoms with Crippen LogP contribution in [0.25, 0.3) is 0 Å². The van der Waals surface area contributed by atoms with Gasteiger partial charge in [-0.3, -0.25) is 9.59 Å². The second kappa shape index (κ2) is 9.86. The van der Waals surface area contributed by atoms with Crippen LogP contribution in [-0.2, 0) is 13.0 Å². The molecule has 1 heterocycles. The first-order chi connectivity index (χ1) is 16.0. The minimum Gasteiger partial charge on any atom is -0.366 e. The van der Waals surface area contributed by atoms with E-state index in [-0.39, 0.29) is 17.5 Å². The predicted octanol–water partition coefficient (Wildman–Crippen LogP) is 5.17. The molecule has 6 heteroatoms. The molecular formula is C27H28FN3O2. The Labute approximate surface area is 193 Å². The highest BCUT2D eigenvalue weighted by Gasteiger charge is 2.23. The molecule has 0 radical (unpaired) electrons. The van der Waals surface area contributed by atoms with Crippen LogP contribution in [0.4, 0.5) is 15.8 Å². The van der Waals surface area contributed by atoms with Crippen LogP contribution in [0.15, 0.2) is 66.7 Å². The maximum absolute atomic E-state index is 14.0. The van der Waals surface area contributed by atoms with Crippen LogP contribution < -0.4 is 15.5 Å². The fourth-order valence-corrected chi connectivity index (χ4v) is 4.02. The van der Waals surface area contributed by atoms with E-state index in [0.29, 0.717) is 17.8 Å². The Morgan fingerprint density at radius 2 is 1.70 bits per heavy atom. The smallest absolute Gasteiger partial charge is 0.258 e. The summed E-state index contributed by atoms with van der Waals surface area (Å²) in [5.74, 6) is -1.34. The largest absolute Gasteiger partial charge is 0.366 e. The van der Waals surface area contributed by atoms with Crippen molar-refractivity contribution in [2.75, 3.05) is 16.8 Å². The summed E-state index contributed by atoms with van der Waals surface area (Å²) in [5, 5.41) is 5.76. The Kier molecular flexibility index (Phi) is 6.73. The zero-order chi connectivity index (χ0) is 23.4. The van der Waals surface area contributed by atoms with E-state index in [2.05, 4.69) is 27.7 Å². The molecule has 1 atom stereocenters. The molecule has 2 amide bonds. The van der Waals surface area contributed by atoms with Crippen molar-refractivity contribution in [3.8, 4) is 0 Å². The van der Waals surface area contributed by atoms with Gasteiger partial charge in [-0.05, 0) is 61.2 Å². The molecule has 0 fully saturated rings. The number of rotatable bonds is 6. The molecule has 1 aliphatic heterocycles. The van der Waals surface area contributed by atoms with Gasteiger partial charge in [0.15, 0.2) is 0 Å². The third-order valence-corrected chi connectivity index (χ3v) is 6.08. The molecule has 0 aromatic heterocycles. The minimum atomic E-state index is -0.590. The second-order valence-electron chi connectivity index (χ2n) is 8.39. The van der Waals surface area contributed by atoms with Crippen molar-refractivity contribution >= 4 is 23.2 Å². The highest BCUT2D eigenvalue weighted by atomic mass is 19.1. The number of halogens is 1.